The Hall–Kier alpha value is -0.940. The highest BCUT2D eigenvalue weighted by Crippen LogP contribution is 2.24. The van der Waals surface area contributed by atoms with Crippen LogP contribution in [0.3, 0.4) is 0 Å². The molecule has 3 N–H and O–H groups in total. The van der Waals surface area contributed by atoms with Gasteiger partial charge in [0, 0.05) is 19.8 Å². The van der Waals surface area contributed by atoms with Gasteiger partial charge in [0.1, 0.15) is 0 Å². The van der Waals surface area contributed by atoms with Gasteiger partial charge in [-0.05, 0) is 0 Å². The van der Waals surface area contributed by atoms with E-state index in [4.69, 9.17) is 15.2 Å². The van der Waals surface area contributed by atoms with Crippen LogP contribution in [0.5, 0.6) is 0 Å². The molecule has 0 fully saturated rings. The van der Waals surface area contributed by atoms with Crippen molar-refractivity contribution in [3.63, 3.8) is 0 Å². The fraction of sp³-hybridized carbons (Fsp3) is 0.400. The summed E-state index contributed by atoms with van der Waals surface area (Å²) in [4.78, 5) is 0. The van der Waals surface area contributed by atoms with Gasteiger partial charge in [-0.1, -0.05) is 30.3 Å². The first-order valence-corrected chi connectivity index (χ1v) is 4.26. The van der Waals surface area contributed by atoms with Crippen molar-refractivity contribution in [2.45, 2.75) is 12.0 Å². The van der Waals surface area contributed by atoms with Crippen LogP contribution in [0.15, 0.2) is 30.3 Å². The zero-order valence-electron chi connectivity index (χ0n) is 8.31. The molecule has 0 aliphatic rings. The lowest BCUT2D eigenvalue weighted by Gasteiger charge is -2.31. The second-order valence-corrected chi connectivity index (χ2v) is 2.92. The van der Waals surface area contributed by atoms with Crippen molar-refractivity contribution >= 4 is 0 Å². The third-order valence-electron chi connectivity index (χ3n) is 2.14. The van der Waals surface area contributed by atoms with E-state index in [9.17, 15) is 5.11 Å². The molecule has 1 aromatic rings. The van der Waals surface area contributed by atoms with Gasteiger partial charge >= 0.3 is 0 Å². The molecule has 14 heavy (non-hydrogen) atoms. The number of methoxy groups -OCH3 is 2. The number of aliphatic hydroxyl groups is 1. The van der Waals surface area contributed by atoms with E-state index in [0.29, 0.717) is 5.56 Å². The maximum absolute atomic E-state index is 10.1. The maximum Gasteiger partial charge on any atom is 0.233 e. The van der Waals surface area contributed by atoms with Crippen molar-refractivity contribution in [2.24, 2.45) is 5.73 Å². The summed E-state index contributed by atoms with van der Waals surface area (Å²) < 4.78 is 9.85. The van der Waals surface area contributed by atoms with Gasteiger partial charge in [0.05, 0.1) is 0 Å². The van der Waals surface area contributed by atoms with Crippen molar-refractivity contribution in [3.05, 3.63) is 35.9 Å². The largest absolute Gasteiger partial charge is 0.361 e. The highest BCUT2D eigenvalue weighted by Gasteiger charge is 2.36. The van der Waals surface area contributed by atoms with Crippen LogP contribution in [0.2, 0.25) is 0 Å². The Kier molecular flexibility index (Phi) is 3.60. The van der Waals surface area contributed by atoms with Gasteiger partial charge in [-0.15, -0.1) is 0 Å². The molecule has 1 aromatic carbocycles. The summed E-state index contributed by atoms with van der Waals surface area (Å²) in [6.45, 7) is 0. The highest BCUT2D eigenvalue weighted by atomic mass is 16.6. The van der Waals surface area contributed by atoms with Crippen molar-refractivity contribution in [1.29, 1.82) is 0 Å². The predicted octanol–water partition coefficient (Wildman–Crippen LogP) is 0.409. The van der Waals surface area contributed by atoms with Crippen LogP contribution in [0, 0.1) is 0 Å². The number of benzene rings is 1. The lowest BCUT2D eigenvalue weighted by molar-refractivity contribution is -0.257. The minimum Gasteiger partial charge on any atom is -0.361 e. The van der Waals surface area contributed by atoms with Gasteiger partial charge in [0.15, 0.2) is 6.23 Å². The lowest BCUT2D eigenvalue weighted by atomic mass is 10.0. The number of hydrogen-bond donors (Lipinski definition) is 2. The fourth-order valence-electron chi connectivity index (χ4n) is 1.23. The van der Waals surface area contributed by atoms with Crippen molar-refractivity contribution < 1.29 is 14.6 Å². The molecule has 2 unspecified atom stereocenters. The Labute approximate surface area is 83.3 Å². The molecule has 0 radical (unpaired) electrons. The van der Waals surface area contributed by atoms with Gasteiger partial charge in [-0.25, -0.2) is 0 Å². The van der Waals surface area contributed by atoms with Crippen LogP contribution >= 0.6 is 0 Å². The van der Waals surface area contributed by atoms with Crippen LogP contribution in [0.4, 0.5) is 0 Å². The third kappa shape index (κ3) is 1.93. The Morgan fingerprint density at radius 3 is 2.29 bits per heavy atom. The zero-order valence-corrected chi connectivity index (χ0v) is 8.31. The molecule has 0 amide bonds. The second-order valence-electron chi connectivity index (χ2n) is 2.92. The van der Waals surface area contributed by atoms with Crippen LogP contribution in [0.1, 0.15) is 5.56 Å². The minimum absolute atomic E-state index is 0.567. The predicted molar refractivity (Wildman–Crippen MR) is 52.3 cm³/mol. The Morgan fingerprint density at radius 1 is 1.29 bits per heavy atom. The van der Waals surface area contributed by atoms with E-state index >= 15 is 0 Å². The quantitative estimate of drug-likeness (QED) is 0.686. The van der Waals surface area contributed by atoms with E-state index in [1.807, 2.05) is 6.07 Å². The molecule has 78 valence electrons. The van der Waals surface area contributed by atoms with Crippen LogP contribution in [-0.2, 0) is 15.3 Å². The second kappa shape index (κ2) is 4.52. The molecule has 0 aliphatic heterocycles. The third-order valence-corrected chi connectivity index (χ3v) is 2.14. The van der Waals surface area contributed by atoms with E-state index in [2.05, 4.69) is 0 Å². The molecule has 0 spiro atoms. The summed E-state index contributed by atoms with van der Waals surface area (Å²) in [6.07, 6.45) is -0.921. The first-order valence-electron chi connectivity index (χ1n) is 4.26. The van der Waals surface area contributed by atoms with Crippen LogP contribution in [0.25, 0.3) is 0 Å². The van der Waals surface area contributed by atoms with Crippen LogP contribution in [-0.4, -0.2) is 25.6 Å². The average Bonchev–Trinajstić information content (AvgIpc) is 2.28. The molecule has 0 saturated heterocycles. The number of ether oxygens (including phenoxy) is 2. The molecule has 4 nitrogen and oxygen atoms in total. The molecule has 0 aromatic heterocycles. The summed E-state index contributed by atoms with van der Waals surface area (Å²) in [5.74, 6) is -1.60. The lowest BCUT2D eigenvalue weighted by Crippen LogP contribution is -2.48. The Bertz CT molecular complexity index is 278. The average molecular weight is 197 g/mol. The standard InChI is InChI=1S/C10H15NO3/c1-13-9(11)10(12,14-2)8-6-4-3-5-7-8/h3-7,9,12H,11H2,1-2H3. The summed E-state index contributed by atoms with van der Waals surface area (Å²) >= 11 is 0. The van der Waals surface area contributed by atoms with Crippen molar-refractivity contribution in [2.75, 3.05) is 14.2 Å². The number of hydrogen-bond acceptors (Lipinski definition) is 4. The van der Waals surface area contributed by atoms with Gasteiger partial charge in [-0.2, -0.15) is 0 Å². The monoisotopic (exact) mass is 197 g/mol. The zero-order chi connectivity index (χ0) is 10.6. The Morgan fingerprint density at radius 2 is 1.86 bits per heavy atom. The molecule has 0 aliphatic carbocycles. The summed E-state index contributed by atoms with van der Waals surface area (Å²) in [7, 11) is 2.80. The molecule has 0 bridgehead atoms. The summed E-state index contributed by atoms with van der Waals surface area (Å²) in [6, 6.07) is 8.88. The van der Waals surface area contributed by atoms with Crippen molar-refractivity contribution in [3.8, 4) is 0 Å². The normalized spacial score (nSPS) is 17.4. The van der Waals surface area contributed by atoms with Crippen LogP contribution < -0.4 is 5.73 Å². The maximum atomic E-state index is 10.1. The molecular formula is C10H15NO3. The smallest absolute Gasteiger partial charge is 0.233 e. The first-order chi connectivity index (χ1) is 6.65. The molecule has 4 heteroatoms. The summed E-state index contributed by atoms with van der Waals surface area (Å²) in [5, 5.41) is 10.1. The fourth-order valence-corrected chi connectivity index (χ4v) is 1.23. The first kappa shape index (κ1) is 11.1. The van der Waals surface area contributed by atoms with E-state index in [-0.39, 0.29) is 0 Å². The molecular weight excluding hydrogens is 182 g/mol. The van der Waals surface area contributed by atoms with Gasteiger partial charge in [0.25, 0.3) is 0 Å². The molecule has 0 saturated carbocycles. The number of nitrogens with two attached hydrogens (primary N) is 1. The topological polar surface area (TPSA) is 64.7 Å². The van der Waals surface area contributed by atoms with Crippen molar-refractivity contribution in [1.82, 2.24) is 0 Å². The Balaban J connectivity index is 3.01. The molecule has 1 rings (SSSR count). The minimum atomic E-state index is -1.60. The molecule has 0 heterocycles. The summed E-state index contributed by atoms with van der Waals surface area (Å²) in [5.41, 5.74) is 6.16. The van der Waals surface area contributed by atoms with E-state index in [0.717, 1.165) is 0 Å². The van der Waals surface area contributed by atoms with E-state index < -0.39 is 12.0 Å². The highest BCUT2D eigenvalue weighted by molar-refractivity contribution is 5.20. The molecule has 2 atom stereocenters. The SMILES string of the molecule is COC(N)C(O)(OC)c1ccccc1. The van der Waals surface area contributed by atoms with Gasteiger partial charge in [-0.3, -0.25) is 0 Å². The van der Waals surface area contributed by atoms with E-state index in [1.165, 1.54) is 14.2 Å². The number of rotatable bonds is 4. The van der Waals surface area contributed by atoms with Gasteiger partial charge in [0.2, 0.25) is 5.79 Å². The van der Waals surface area contributed by atoms with E-state index in [1.54, 1.807) is 24.3 Å². The van der Waals surface area contributed by atoms with Gasteiger partial charge < -0.3 is 20.3 Å².